The van der Waals surface area contributed by atoms with E-state index in [4.69, 9.17) is 16.3 Å². The molecule has 3 fully saturated rings. The van der Waals surface area contributed by atoms with Crippen molar-refractivity contribution in [2.75, 3.05) is 7.11 Å². The largest absolute Gasteiger partial charge is 0.378 e. The smallest absolute Gasteiger partial charge is 0.226 e. The molecule has 3 saturated carbocycles. The number of methoxy groups -OCH3 is 1. The maximum Gasteiger partial charge on any atom is 0.226 e. The summed E-state index contributed by atoms with van der Waals surface area (Å²) in [6.07, 6.45) is 7.49. The van der Waals surface area contributed by atoms with Crippen LogP contribution < -0.4 is 0 Å². The molecule has 0 atom stereocenters. The Labute approximate surface area is 125 Å². The molecule has 3 heteroatoms. The zero-order chi connectivity index (χ0) is 14.2. The van der Waals surface area contributed by atoms with E-state index in [2.05, 4.69) is 24.3 Å². The fourth-order valence-electron chi connectivity index (χ4n) is 4.03. The Balaban J connectivity index is 1.78. The minimum Gasteiger partial charge on any atom is -0.378 e. The molecule has 0 saturated heterocycles. The number of carbonyl (C=O) groups excluding carboxylic acids is 1. The molecule has 2 nitrogen and oxygen atoms in total. The third-order valence-corrected chi connectivity index (χ3v) is 5.65. The first-order valence-electron chi connectivity index (χ1n) is 7.41. The van der Waals surface area contributed by atoms with Gasteiger partial charge in [0.2, 0.25) is 5.24 Å². The zero-order valence-electron chi connectivity index (χ0n) is 12.0. The van der Waals surface area contributed by atoms with Crippen molar-refractivity contribution in [1.82, 2.24) is 0 Å². The van der Waals surface area contributed by atoms with Gasteiger partial charge in [0.05, 0.1) is 5.60 Å². The second-order valence-electron chi connectivity index (χ2n) is 6.40. The van der Waals surface area contributed by atoms with E-state index in [9.17, 15) is 4.79 Å². The van der Waals surface area contributed by atoms with Crippen LogP contribution >= 0.6 is 11.6 Å². The van der Waals surface area contributed by atoms with Crippen LogP contribution in [0, 0.1) is 0 Å². The number of fused-ring (bicyclic) bond motifs is 3. The minimum atomic E-state index is -0.295. The molecule has 0 N–H and O–H groups in total. The van der Waals surface area contributed by atoms with Gasteiger partial charge in [-0.15, -0.1) is 0 Å². The lowest BCUT2D eigenvalue weighted by Gasteiger charge is -2.53. The number of benzene rings is 1. The van der Waals surface area contributed by atoms with Crippen molar-refractivity contribution in [3.63, 3.8) is 0 Å². The van der Waals surface area contributed by atoms with E-state index in [1.54, 1.807) is 0 Å². The first kappa shape index (κ1) is 14.1. The van der Waals surface area contributed by atoms with Gasteiger partial charge >= 0.3 is 0 Å². The van der Waals surface area contributed by atoms with Crippen LogP contribution in [-0.4, -0.2) is 18.0 Å². The van der Waals surface area contributed by atoms with E-state index in [-0.39, 0.29) is 10.8 Å². The quantitative estimate of drug-likeness (QED) is 0.785. The predicted octanol–water partition coefficient (Wildman–Crippen LogP) is 3.99. The van der Waals surface area contributed by atoms with Crippen molar-refractivity contribution < 1.29 is 9.53 Å². The van der Waals surface area contributed by atoms with Crippen molar-refractivity contribution in [2.24, 2.45) is 0 Å². The van der Waals surface area contributed by atoms with Crippen LogP contribution in [-0.2, 0) is 21.4 Å². The van der Waals surface area contributed by atoms with Gasteiger partial charge in [0.15, 0.2) is 0 Å². The summed E-state index contributed by atoms with van der Waals surface area (Å²) in [6, 6.07) is 8.49. The average Bonchev–Trinajstić information content (AvgIpc) is 2.49. The Morgan fingerprint density at radius 3 is 2.10 bits per heavy atom. The first-order valence-corrected chi connectivity index (χ1v) is 7.78. The van der Waals surface area contributed by atoms with Gasteiger partial charge in [-0.3, -0.25) is 4.79 Å². The van der Waals surface area contributed by atoms with Crippen LogP contribution in [0.25, 0.3) is 0 Å². The van der Waals surface area contributed by atoms with Gasteiger partial charge in [-0.25, -0.2) is 0 Å². The molecule has 0 radical (unpaired) electrons. The third kappa shape index (κ3) is 2.40. The molecule has 0 aliphatic heterocycles. The Hall–Kier alpha value is -0.860. The molecule has 2 bridgehead atoms. The van der Waals surface area contributed by atoms with E-state index in [1.807, 2.05) is 7.11 Å². The van der Waals surface area contributed by atoms with E-state index >= 15 is 0 Å². The predicted molar refractivity (Wildman–Crippen MR) is 80.1 cm³/mol. The van der Waals surface area contributed by atoms with Crippen molar-refractivity contribution in [3.05, 3.63) is 35.4 Å². The highest BCUT2D eigenvalue weighted by Gasteiger charge is 2.49. The molecular weight excluding hydrogens is 272 g/mol. The molecule has 1 aromatic rings. The number of hydrogen-bond acceptors (Lipinski definition) is 2. The highest BCUT2D eigenvalue weighted by Crippen LogP contribution is 2.54. The number of halogens is 1. The average molecular weight is 293 g/mol. The Morgan fingerprint density at radius 1 is 1.10 bits per heavy atom. The van der Waals surface area contributed by atoms with Crippen LogP contribution in [0.4, 0.5) is 0 Å². The summed E-state index contributed by atoms with van der Waals surface area (Å²) in [5.41, 5.74) is 2.92. The lowest BCUT2D eigenvalue weighted by Crippen LogP contribution is -2.49. The minimum absolute atomic E-state index is 0.159. The van der Waals surface area contributed by atoms with Crippen LogP contribution in [0.3, 0.4) is 0 Å². The van der Waals surface area contributed by atoms with Gasteiger partial charge in [-0.2, -0.15) is 0 Å². The fourth-order valence-corrected chi connectivity index (χ4v) is 4.18. The fraction of sp³-hybridized carbons (Fsp3) is 0.588. The molecule has 1 aromatic carbocycles. The summed E-state index contributed by atoms with van der Waals surface area (Å²) in [7, 11) is 1.86. The molecule has 4 rings (SSSR count). The SMILES string of the molecule is COC12CCC(c3ccc(CC(=O)Cl)cc3)(CC1)CC2. The molecule has 0 amide bonds. The van der Waals surface area contributed by atoms with Gasteiger partial charge in [0.1, 0.15) is 0 Å². The molecule has 20 heavy (non-hydrogen) atoms. The summed E-state index contributed by atoms with van der Waals surface area (Å²) >= 11 is 5.44. The Kier molecular flexibility index (Phi) is 3.64. The normalized spacial score (nSPS) is 32.3. The van der Waals surface area contributed by atoms with Crippen molar-refractivity contribution in [1.29, 1.82) is 0 Å². The zero-order valence-corrected chi connectivity index (χ0v) is 12.7. The highest BCUT2D eigenvalue weighted by atomic mass is 35.5. The Morgan fingerprint density at radius 2 is 1.65 bits per heavy atom. The standard InChI is InChI=1S/C17H21ClO2/c1-20-17-9-6-16(7-10-17,8-11-17)14-4-2-13(3-5-14)12-15(18)19/h2-5H,6-12H2,1H3. The molecule has 0 heterocycles. The number of carbonyl (C=O) groups is 1. The number of ether oxygens (including phenoxy) is 1. The molecule has 3 aliphatic carbocycles. The van der Waals surface area contributed by atoms with E-state index < -0.39 is 0 Å². The highest BCUT2D eigenvalue weighted by molar-refractivity contribution is 6.63. The summed E-state index contributed by atoms with van der Waals surface area (Å²) in [5, 5.41) is -0.295. The van der Waals surface area contributed by atoms with Gasteiger partial charge in [-0.1, -0.05) is 24.3 Å². The molecule has 0 unspecified atom stereocenters. The molecule has 0 spiro atoms. The maximum absolute atomic E-state index is 10.9. The van der Waals surface area contributed by atoms with Crippen molar-refractivity contribution >= 4 is 16.8 Å². The van der Waals surface area contributed by atoms with E-state index in [0.29, 0.717) is 11.8 Å². The Bertz CT molecular complexity index is 482. The lowest BCUT2D eigenvalue weighted by atomic mass is 9.56. The van der Waals surface area contributed by atoms with E-state index in [0.717, 1.165) is 5.56 Å². The second-order valence-corrected chi connectivity index (χ2v) is 6.82. The number of rotatable bonds is 4. The van der Waals surface area contributed by atoms with Gasteiger partial charge in [0.25, 0.3) is 0 Å². The van der Waals surface area contributed by atoms with Gasteiger partial charge < -0.3 is 4.74 Å². The first-order chi connectivity index (χ1) is 9.57. The molecule has 108 valence electrons. The van der Waals surface area contributed by atoms with Crippen LogP contribution in [0.2, 0.25) is 0 Å². The maximum atomic E-state index is 10.9. The van der Waals surface area contributed by atoms with Crippen LogP contribution in [0.5, 0.6) is 0 Å². The van der Waals surface area contributed by atoms with Gasteiger partial charge in [0, 0.05) is 13.5 Å². The summed E-state index contributed by atoms with van der Waals surface area (Å²) in [4.78, 5) is 10.9. The molecule has 0 aromatic heterocycles. The van der Waals surface area contributed by atoms with Crippen LogP contribution in [0.15, 0.2) is 24.3 Å². The van der Waals surface area contributed by atoms with Crippen molar-refractivity contribution in [3.8, 4) is 0 Å². The summed E-state index contributed by atoms with van der Waals surface area (Å²) < 4.78 is 5.76. The van der Waals surface area contributed by atoms with Crippen molar-refractivity contribution in [2.45, 2.75) is 56.0 Å². The monoisotopic (exact) mass is 292 g/mol. The summed E-state index contributed by atoms with van der Waals surface area (Å²) in [5.74, 6) is 0. The molecule has 3 aliphatic rings. The van der Waals surface area contributed by atoms with Gasteiger partial charge in [-0.05, 0) is 66.7 Å². The second kappa shape index (κ2) is 5.16. The van der Waals surface area contributed by atoms with Crippen LogP contribution in [0.1, 0.15) is 49.7 Å². The summed E-state index contributed by atoms with van der Waals surface area (Å²) in [6.45, 7) is 0. The lowest BCUT2D eigenvalue weighted by molar-refractivity contribution is -0.111. The molecular formula is C17H21ClO2. The third-order valence-electron chi connectivity index (χ3n) is 5.52. The number of hydrogen-bond donors (Lipinski definition) is 0. The topological polar surface area (TPSA) is 26.3 Å². The van der Waals surface area contributed by atoms with E-state index in [1.165, 1.54) is 44.1 Å².